The summed E-state index contributed by atoms with van der Waals surface area (Å²) in [5, 5.41) is 0. The standard InChI is InChI=1S/C14H22N2/c1-11-4-6-13(7-5-11)16-9-8-12(15)10-14(16,2)3/h4-7,12H,8-10,15H2,1-3H3. The maximum atomic E-state index is 6.05. The van der Waals surface area contributed by atoms with Crippen LogP contribution in [0.1, 0.15) is 32.3 Å². The molecule has 16 heavy (non-hydrogen) atoms. The normalized spacial score (nSPS) is 24.5. The van der Waals surface area contributed by atoms with Crippen molar-refractivity contribution in [1.82, 2.24) is 0 Å². The van der Waals surface area contributed by atoms with E-state index in [4.69, 9.17) is 5.73 Å². The molecule has 1 aliphatic heterocycles. The molecule has 0 bridgehead atoms. The van der Waals surface area contributed by atoms with Gasteiger partial charge in [-0.1, -0.05) is 17.7 Å². The molecule has 1 aliphatic rings. The van der Waals surface area contributed by atoms with Crippen molar-refractivity contribution < 1.29 is 0 Å². The summed E-state index contributed by atoms with van der Waals surface area (Å²) in [5.74, 6) is 0. The largest absolute Gasteiger partial charge is 0.366 e. The number of nitrogens with two attached hydrogens (primary N) is 1. The molecular formula is C14H22N2. The predicted molar refractivity (Wildman–Crippen MR) is 69.8 cm³/mol. The Balaban J connectivity index is 2.23. The van der Waals surface area contributed by atoms with Gasteiger partial charge in [-0.3, -0.25) is 0 Å². The van der Waals surface area contributed by atoms with E-state index in [2.05, 4.69) is 49.9 Å². The summed E-state index contributed by atoms with van der Waals surface area (Å²) in [5.41, 5.74) is 8.86. The number of piperidine rings is 1. The third-order valence-corrected chi connectivity index (χ3v) is 3.56. The first kappa shape index (κ1) is 11.5. The highest BCUT2D eigenvalue weighted by molar-refractivity contribution is 5.50. The first-order valence-electron chi connectivity index (χ1n) is 6.09. The molecule has 0 spiro atoms. The molecule has 1 heterocycles. The molecule has 0 aliphatic carbocycles. The summed E-state index contributed by atoms with van der Waals surface area (Å²) in [6.45, 7) is 7.76. The molecule has 1 unspecified atom stereocenters. The lowest BCUT2D eigenvalue weighted by Crippen LogP contribution is -2.53. The fourth-order valence-corrected chi connectivity index (χ4v) is 2.65. The second-order valence-electron chi connectivity index (χ2n) is 5.55. The molecule has 1 saturated heterocycles. The number of hydrogen-bond donors (Lipinski definition) is 1. The monoisotopic (exact) mass is 218 g/mol. The maximum Gasteiger partial charge on any atom is 0.0370 e. The quantitative estimate of drug-likeness (QED) is 0.785. The number of hydrogen-bond acceptors (Lipinski definition) is 2. The molecule has 0 aromatic heterocycles. The lowest BCUT2D eigenvalue weighted by atomic mass is 9.87. The average Bonchev–Trinajstić information content (AvgIpc) is 2.18. The van der Waals surface area contributed by atoms with Gasteiger partial charge in [-0.15, -0.1) is 0 Å². The summed E-state index contributed by atoms with van der Waals surface area (Å²) >= 11 is 0. The molecule has 0 saturated carbocycles. The highest BCUT2D eigenvalue weighted by Gasteiger charge is 2.33. The molecule has 2 N–H and O–H groups in total. The van der Waals surface area contributed by atoms with Crippen LogP contribution in [0.3, 0.4) is 0 Å². The van der Waals surface area contributed by atoms with Crippen LogP contribution in [0.5, 0.6) is 0 Å². The van der Waals surface area contributed by atoms with Crippen LogP contribution in [0.2, 0.25) is 0 Å². The molecule has 0 amide bonds. The van der Waals surface area contributed by atoms with Gasteiger partial charge in [0.1, 0.15) is 0 Å². The summed E-state index contributed by atoms with van der Waals surface area (Å²) in [4.78, 5) is 2.48. The number of benzene rings is 1. The van der Waals surface area contributed by atoms with E-state index in [-0.39, 0.29) is 5.54 Å². The molecule has 0 radical (unpaired) electrons. The number of rotatable bonds is 1. The average molecular weight is 218 g/mol. The molecular weight excluding hydrogens is 196 g/mol. The van der Waals surface area contributed by atoms with Crippen LogP contribution in [-0.4, -0.2) is 18.1 Å². The second-order valence-corrected chi connectivity index (χ2v) is 5.55. The fraction of sp³-hybridized carbons (Fsp3) is 0.571. The molecule has 2 nitrogen and oxygen atoms in total. The highest BCUT2D eigenvalue weighted by Crippen LogP contribution is 2.31. The van der Waals surface area contributed by atoms with Crippen molar-refractivity contribution in [3.63, 3.8) is 0 Å². The van der Waals surface area contributed by atoms with Gasteiger partial charge in [0.15, 0.2) is 0 Å². The SMILES string of the molecule is Cc1ccc(N2CCC(N)CC2(C)C)cc1. The van der Waals surface area contributed by atoms with Gasteiger partial charge in [0.05, 0.1) is 0 Å². The van der Waals surface area contributed by atoms with E-state index >= 15 is 0 Å². The van der Waals surface area contributed by atoms with E-state index in [1.807, 2.05) is 0 Å². The van der Waals surface area contributed by atoms with Gasteiger partial charge in [-0.25, -0.2) is 0 Å². The maximum absolute atomic E-state index is 6.05. The minimum absolute atomic E-state index is 0.174. The van der Waals surface area contributed by atoms with Gasteiger partial charge in [-0.05, 0) is 45.7 Å². The van der Waals surface area contributed by atoms with E-state index in [9.17, 15) is 0 Å². The highest BCUT2D eigenvalue weighted by atomic mass is 15.2. The minimum Gasteiger partial charge on any atom is -0.366 e. The molecule has 2 rings (SSSR count). The van der Waals surface area contributed by atoms with E-state index in [1.54, 1.807) is 0 Å². The van der Waals surface area contributed by atoms with Crippen LogP contribution in [0.4, 0.5) is 5.69 Å². The topological polar surface area (TPSA) is 29.3 Å². The van der Waals surface area contributed by atoms with Crippen molar-refractivity contribution >= 4 is 5.69 Å². The van der Waals surface area contributed by atoms with E-state index < -0.39 is 0 Å². The first-order valence-corrected chi connectivity index (χ1v) is 6.09. The zero-order chi connectivity index (χ0) is 11.8. The van der Waals surface area contributed by atoms with Crippen LogP contribution < -0.4 is 10.6 Å². The molecule has 1 aromatic rings. The Morgan fingerprint density at radius 3 is 2.44 bits per heavy atom. The van der Waals surface area contributed by atoms with Crippen molar-refractivity contribution in [2.75, 3.05) is 11.4 Å². The van der Waals surface area contributed by atoms with Crippen LogP contribution in [0, 0.1) is 6.92 Å². The summed E-state index contributed by atoms with van der Waals surface area (Å²) in [7, 11) is 0. The zero-order valence-corrected chi connectivity index (χ0v) is 10.5. The van der Waals surface area contributed by atoms with Gasteiger partial charge in [0, 0.05) is 23.8 Å². The Morgan fingerprint density at radius 1 is 1.25 bits per heavy atom. The lowest BCUT2D eigenvalue weighted by molar-refractivity contribution is 0.327. The Morgan fingerprint density at radius 2 is 1.88 bits per heavy atom. The summed E-state index contributed by atoms with van der Waals surface area (Å²) in [6.07, 6.45) is 2.16. The second kappa shape index (κ2) is 4.10. The third kappa shape index (κ3) is 2.22. The Bertz CT molecular complexity index is 354. The van der Waals surface area contributed by atoms with Crippen molar-refractivity contribution in [1.29, 1.82) is 0 Å². The zero-order valence-electron chi connectivity index (χ0n) is 10.5. The minimum atomic E-state index is 0.174. The number of aryl methyl sites for hydroxylation is 1. The summed E-state index contributed by atoms with van der Waals surface area (Å²) in [6, 6.07) is 9.15. The lowest BCUT2D eigenvalue weighted by Gasteiger charge is -2.46. The van der Waals surface area contributed by atoms with Gasteiger partial charge >= 0.3 is 0 Å². The Kier molecular flexibility index (Phi) is 2.94. The van der Waals surface area contributed by atoms with Gasteiger partial charge in [-0.2, -0.15) is 0 Å². The van der Waals surface area contributed by atoms with Gasteiger partial charge in [0.2, 0.25) is 0 Å². The summed E-state index contributed by atoms with van der Waals surface area (Å²) < 4.78 is 0. The molecule has 1 atom stereocenters. The molecule has 1 aromatic carbocycles. The molecule has 1 fully saturated rings. The number of anilines is 1. The van der Waals surface area contributed by atoms with Gasteiger partial charge in [0.25, 0.3) is 0 Å². The molecule has 88 valence electrons. The van der Waals surface area contributed by atoms with Crippen molar-refractivity contribution in [3.05, 3.63) is 29.8 Å². The van der Waals surface area contributed by atoms with Crippen molar-refractivity contribution in [2.24, 2.45) is 5.73 Å². The first-order chi connectivity index (χ1) is 7.49. The van der Waals surface area contributed by atoms with Crippen LogP contribution in [0.15, 0.2) is 24.3 Å². The van der Waals surface area contributed by atoms with E-state index in [1.165, 1.54) is 11.3 Å². The molecule has 2 heteroatoms. The van der Waals surface area contributed by atoms with Crippen molar-refractivity contribution in [3.8, 4) is 0 Å². The van der Waals surface area contributed by atoms with Crippen LogP contribution >= 0.6 is 0 Å². The van der Waals surface area contributed by atoms with Crippen LogP contribution in [0.25, 0.3) is 0 Å². The predicted octanol–water partition coefficient (Wildman–Crippen LogP) is 2.70. The Labute approximate surface area is 98.4 Å². The van der Waals surface area contributed by atoms with E-state index in [0.717, 1.165) is 19.4 Å². The number of nitrogens with zero attached hydrogens (tertiary/aromatic N) is 1. The van der Waals surface area contributed by atoms with Gasteiger partial charge < -0.3 is 10.6 Å². The third-order valence-electron chi connectivity index (χ3n) is 3.56. The van der Waals surface area contributed by atoms with E-state index in [0.29, 0.717) is 6.04 Å². The smallest absolute Gasteiger partial charge is 0.0370 e. The fourth-order valence-electron chi connectivity index (χ4n) is 2.65. The van der Waals surface area contributed by atoms with Crippen LogP contribution in [-0.2, 0) is 0 Å². The van der Waals surface area contributed by atoms with Crippen molar-refractivity contribution in [2.45, 2.75) is 45.2 Å². The Hall–Kier alpha value is -1.02.